The molecule has 0 spiro atoms. The van der Waals surface area contributed by atoms with Crippen molar-refractivity contribution < 1.29 is 9.32 Å². The molecule has 0 bridgehead atoms. The molecule has 2 aromatic carbocycles. The van der Waals surface area contributed by atoms with Gasteiger partial charge in [-0.3, -0.25) is 4.79 Å². The fourth-order valence-corrected chi connectivity index (χ4v) is 3.37. The van der Waals surface area contributed by atoms with E-state index >= 15 is 0 Å². The molecule has 0 unspecified atom stereocenters. The summed E-state index contributed by atoms with van der Waals surface area (Å²) in [6.45, 7) is 2.65. The highest BCUT2D eigenvalue weighted by Gasteiger charge is 2.35. The minimum Gasteiger partial charge on any atom is -0.339 e. The number of aryl methyl sites for hydroxylation is 1. The van der Waals surface area contributed by atoms with E-state index in [1.165, 1.54) is 5.56 Å². The van der Waals surface area contributed by atoms with Crippen LogP contribution in [0, 0.1) is 0 Å². The zero-order valence-corrected chi connectivity index (χ0v) is 15.1. The normalized spacial score (nSPS) is 17.1. The maximum atomic E-state index is 12.5. The molecule has 132 valence electrons. The van der Waals surface area contributed by atoms with Crippen LogP contribution in [-0.2, 0) is 11.2 Å². The number of nitrogens with zero attached hydrogens (tertiary/aromatic N) is 3. The van der Waals surface area contributed by atoms with Gasteiger partial charge >= 0.3 is 0 Å². The zero-order chi connectivity index (χ0) is 18.1. The summed E-state index contributed by atoms with van der Waals surface area (Å²) in [5, 5.41) is 4.66. The average molecular weight is 368 g/mol. The van der Waals surface area contributed by atoms with Crippen molar-refractivity contribution in [1.82, 2.24) is 10.1 Å². The van der Waals surface area contributed by atoms with Crippen molar-refractivity contribution in [2.45, 2.75) is 25.7 Å². The third-order valence-corrected chi connectivity index (χ3v) is 4.89. The molecular formula is C20H18ClN3O2. The number of hydrogen-bond acceptors (Lipinski definition) is 4. The highest BCUT2D eigenvalue weighted by Crippen LogP contribution is 2.32. The van der Waals surface area contributed by atoms with Gasteiger partial charge in [0.2, 0.25) is 17.6 Å². The van der Waals surface area contributed by atoms with Crippen LogP contribution < -0.4 is 4.90 Å². The van der Waals surface area contributed by atoms with Gasteiger partial charge < -0.3 is 9.42 Å². The first kappa shape index (κ1) is 16.8. The Labute approximate surface area is 156 Å². The van der Waals surface area contributed by atoms with Gasteiger partial charge in [0.15, 0.2) is 0 Å². The van der Waals surface area contributed by atoms with E-state index < -0.39 is 0 Å². The molecule has 1 aliphatic rings. The van der Waals surface area contributed by atoms with E-state index in [2.05, 4.69) is 29.2 Å². The van der Waals surface area contributed by atoms with Crippen molar-refractivity contribution in [2.75, 3.05) is 11.4 Å². The molecule has 2 heterocycles. The molecule has 4 rings (SSSR count). The average Bonchev–Trinajstić information content (AvgIpc) is 3.29. The molecule has 1 atom stereocenters. The SMILES string of the molecule is CCc1ccc(N2C[C@@H](c3nc(-c4cccc(Cl)c4)no3)CC2=O)cc1. The lowest BCUT2D eigenvalue weighted by Crippen LogP contribution is -2.24. The summed E-state index contributed by atoms with van der Waals surface area (Å²) < 4.78 is 5.43. The third-order valence-electron chi connectivity index (χ3n) is 4.66. The van der Waals surface area contributed by atoms with Crippen molar-refractivity contribution in [3.05, 3.63) is 65.0 Å². The summed E-state index contributed by atoms with van der Waals surface area (Å²) in [6.07, 6.45) is 1.35. The molecule has 0 N–H and O–H groups in total. The molecule has 3 aromatic rings. The van der Waals surface area contributed by atoms with E-state index in [4.69, 9.17) is 16.1 Å². The molecule has 6 heteroatoms. The van der Waals surface area contributed by atoms with Crippen LogP contribution in [0.1, 0.15) is 30.7 Å². The van der Waals surface area contributed by atoms with Gasteiger partial charge in [-0.2, -0.15) is 4.98 Å². The first-order valence-electron chi connectivity index (χ1n) is 8.63. The Morgan fingerprint density at radius 3 is 2.77 bits per heavy atom. The second kappa shape index (κ2) is 6.92. The van der Waals surface area contributed by atoms with Crippen molar-refractivity contribution in [3.8, 4) is 11.4 Å². The number of halogens is 1. The molecule has 26 heavy (non-hydrogen) atoms. The van der Waals surface area contributed by atoms with E-state index in [0.29, 0.717) is 29.7 Å². The van der Waals surface area contributed by atoms with Crippen LogP contribution in [0.2, 0.25) is 5.02 Å². The van der Waals surface area contributed by atoms with Gasteiger partial charge in [0.1, 0.15) is 0 Å². The molecule has 1 saturated heterocycles. The second-order valence-electron chi connectivity index (χ2n) is 6.39. The molecule has 1 aromatic heterocycles. The number of carbonyl (C=O) groups is 1. The van der Waals surface area contributed by atoms with Gasteiger partial charge in [0, 0.05) is 29.2 Å². The van der Waals surface area contributed by atoms with Crippen LogP contribution in [0.3, 0.4) is 0 Å². The fraction of sp³-hybridized carbons (Fsp3) is 0.250. The molecular weight excluding hydrogens is 350 g/mol. The van der Waals surface area contributed by atoms with Crippen LogP contribution in [-0.4, -0.2) is 22.6 Å². The number of anilines is 1. The Bertz CT molecular complexity index is 936. The van der Waals surface area contributed by atoms with Gasteiger partial charge in [0.25, 0.3) is 0 Å². The van der Waals surface area contributed by atoms with Crippen LogP contribution in [0.15, 0.2) is 53.1 Å². The van der Waals surface area contributed by atoms with Gasteiger partial charge in [-0.25, -0.2) is 0 Å². The predicted octanol–water partition coefficient (Wildman–Crippen LogP) is 4.47. The van der Waals surface area contributed by atoms with Crippen molar-refractivity contribution in [3.63, 3.8) is 0 Å². The largest absolute Gasteiger partial charge is 0.339 e. The molecule has 0 aliphatic carbocycles. The van der Waals surface area contributed by atoms with Crippen molar-refractivity contribution in [2.24, 2.45) is 0 Å². The first-order chi connectivity index (χ1) is 12.6. The summed E-state index contributed by atoms with van der Waals surface area (Å²) in [5.41, 5.74) is 2.95. The molecule has 1 amide bonds. The highest BCUT2D eigenvalue weighted by molar-refractivity contribution is 6.30. The Morgan fingerprint density at radius 1 is 1.23 bits per heavy atom. The molecule has 0 radical (unpaired) electrons. The van der Waals surface area contributed by atoms with Crippen LogP contribution in [0.5, 0.6) is 0 Å². The van der Waals surface area contributed by atoms with Crippen LogP contribution in [0.4, 0.5) is 5.69 Å². The van der Waals surface area contributed by atoms with Gasteiger partial charge in [-0.05, 0) is 36.2 Å². The topological polar surface area (TPSA) is 59.2 Å². The highest BCUT2D eigenvalue weighted by atomic mass is 35.5. The number of rotatable bonds is 4. The molecule has 5 nitrogen and oxygen atoms in total. The number of benzene rings is 2. The van der Waals surface area contributed by atoms with Gasteiger partial charge in [0.05, 0.1) is 5.92 Å². The standard InChI is InChI=1S/C20H18ClN3O2/c1-2-13-6-8-17(9-7-13)24-12-15(11-18(24)25)20-22-19(23-26-20)14-4-3-5-16(21)10-14/h3-10,15H,2,11-12H2,1H3/t15-/m0/s1. The fourth-order valence-electron chi connectivity index (χ4n) is 3.18. The van der Waals surface area contributed by atoms with Crippen LogP contribution in [0.25, 0.3) is 11.4 Å². The van der Waals surface area contributed by atoms with Gasteiger partial charge in [-0.15, -0.1) is 0 Å². The minimum atomic E-state index is -0.103. The summed E-state index contributed by atoms with van der Waals surface area (Å²) in [6, 6.07) is 15.4. The Kier molecular flexibility index (Phi) is 4.47. The lowest BCUT2D eigenvalue weighted by molar-refractivity contribution is -0.117. The van der Waals surface area contributed by atoms with Crippen LogP contribution >= 0.6 is 11.6 Å². The Hall–Kier alpha value is -2.66. The second-order valence-corrected chi connectivity index (χ2v) is 6.83. The quantitative estimate of drug-likeness (QED) is 0.682. The van der Waals surface area contributed by atoms with Crippen molar-refractivity contribution >= 4 is 23.2 Å². The van der Waals surface area contributed by atoms with Gasteiger partial charge in [-0.1, -0.05) is 47.9 Å². The molecule has 0 saturated carbocycles. The molecule has 1 aliphatic heterocycles. The summed E-state index contributed by atoms with van der Waals surface area (Å²) in [4.78, 5) is 18.7. The van der Waals surface area contributed by atoms with E-state index in [1.807, 2.05) is 24.3 Å². The number of aromatic nitrogens is 2. The first-order valence-corrected chi connectivity index (χ1v) is 9.00. The van der Waals surface area contributed by atoms with E-state index in [-0.39, 0.29) is 11.8 Å². The number of carbonyl (C=O) groups excluding carboxylic acids is 1. The summed E-state index contributed by atoms with van der Waals surface area (Å²) in [7, 11) is 0. The maximum Gasteiger partial charge on any atom is 0.232 e. The maximum absolute atomic E-state index is 12.5. The van der Waals surface area contributed by atoms with E-state index in [1.54, 1.807) is 17.0 Å². The Balaban J connectivity index is 1.53. The summed E-state index contributed by atoms with van der Waals surface area (Å²) >= 11 is 6.02. The lowest BCUT2D eigenvalue weighted by atomic mass is 10.1. The van der Waals surface area contributed by atoms with E-state index in [9.17, 15) is 4.79 Å². The monoisotopic (exact) mass is 367 g/mol. The number of amides is 1. The third kappa shape index (κ3) is 3.22. The predicted molar refractivity (Wildman–Crippen MR) is 100 cm³/mol. The lowest BCUT2D eigenvalue weighted by Gasteiger charge is -2.16. The van der Waals surface area contributed by atoms with E-state index in [0.717, 1.165) is 17.7 Å². The zero-order valence-electron chi connectivity index (χ0n) is 14.4. The molecule has 1 fully saturated rings. The summed E-state index contributed by atoms with van der Waals surface area (Å²) in [5.74, 6) is 0.942. The smallest absolute Gasteiger partial charge is 0.232 e. The van der Waals surface area contributed by atoms with Crippen molar-refractivity contribution in [1.29, 1.82) is 0 Å². The number of hydrogen-bond donors (Lipinski definition) is 0. The minimum absolute atomic E-state index is 0.0711. The Morgan fingerprint density at radius 2 is 2.04 bits per heavy atom.